The van der Waals surface area contributed by atoms with E-state index in [1.807, 2.05) is 20.8 Å². The Bertz CT molecular complexity index is 441. The molecule has 1 unspecified atom stereocenters. The van der Waals surface area contributed by atoms with Gasteiger partial charge in [0.2, 0.25) is 5.70 Å². The molecule has 0 N–H and O–H groups in total. The number of likely N-dealkylation sites (tertiary alicyclic amines) is 1. The van der Waals surface area contributed by atoms with Gasteiger partial charge in [0.25, 0.3) is 0 Å². The lowest BCUT2D eigenvalue weighted by molar-refractivity contribution is -0.428. The molecule has 2 fully saturated rings. The molecule has 1 saturated heterocycles. The predicted octanol–water partition coefficient (Wildman–Crippen LogP) is 2.67. The van der Waals surface area contributed by atoms with Crippen molar-refractivity contribution in [3.63, 3.8) is 0 Å². The van der Waals surface area contributed by atoms with Crippen molar-refractivity contribution in [1.82, 2.24) is 4.90 Å². The molecule has 6 heteroatoms. The number of nitro groups is 1. The van der Waals surface area contributed by atoms with Crippen LogP contribution >= 0.6 is 0 Å². The fourth-order valence-electron chi connectivity index (χ4n) is 2.83. The Kier molecular flexibility index (Phi) is 3.75. The van der Waals surface area contributed by atoms with E-state index in [9.17, 15) is 14.9 Å². The SMILES string of the molecule is CCC(=CC1[C@H]2CN(C(=O)OC(C)(C)C)C[C@@H]12)[N+](=O)[O-]. The molecule has 2 rings (SSSR count). The van der Waals surface area contributed by atoms with Crippen LogP contribution in [0.5, 0.6) is 0 Å². The number of amides is 1. The number of allylic oxidation sites excluding steroid dienone is 2. The molecule has 6 nitrogen and oxygen atoms in total. The van der Waals surface area contributed by atoms with Crippen molar-refractivity contribution in [3.05, 3.63) is 21.9 Å². The van der Waals surface area contributed by atoms with E-state index in [1.54, 1.807) is 17.9 Å². The molecule has 20 heavy (non-hydrogen) atoms. The summed E-state index contributed by atoms with van der Waals surface area (Å²) in [5.41, 5.74) is -0.197. The van der Waals surface area contributed by atoms with Crippen molar-refractivity contribution in [2.75, 3.05) is 13.1 Å². The summed E-state index contributed by atoms with van der Waals surface area (Å²) in [6, 6.07) is 0. The molecule has 0 aromatic heterocycles. The summed E-state index contributed by atoms with van der Waals surface area (Å²) in [5.74, 6) is 0.988. The molecule has 1 aliphatic carbocycles. The lowest BCUT2D eigenvalue weighted by Crippen LogP contribution is -2.37. The first kappa shape index (κ1) is 14.8. The van der Waals surface area contributed by atoms with Crippen molar-refractivity contribution >= 4 is 6.09 Å². The molecule has 1 aliphatic heterocycles. The number of fused-ring (bicyclic) bond motifs is 1. The zero-order valence-corrected chi connectivity index (χ0v) is 12.5. The third kappa shape index (κ3) is 3.11. The van der Waals surface area contributed by atoms with Gasteiger partial charge < -0.3 is 9.64 Å². The van der Waals surface area contributed by atoms with Crippen LogP contribution in [0.4, 0.5) is 4.79 Å². The summed E-state index contributed by atoms with van der Waals surface area (Å²) in [4.78, 5) is 24.1. The molecule has 0 radical (unpaired) electrons. The maximum atomic E-state index is 11.9. The number of hydrogen-bond donors (Lipinski definition) is 0. The summed E-state index contributed by atoms with van der Waals surface area (Å²) in [5, 5.41) is 10.8. The monoisotopic (exact) mass is 282 g/mol. The summed E-state index contributed by atoms with van der Waals surface area (Å²) < 4.78 is 5.33. The van der Waals surface area contributed by atoms with E-state index in [-0.39, 0.29) is 22.6 Å². The fraction of sp³-hybridized carbons (Fsp3) is 0.786. The van der Waals surface area contributed by atoms with Gasteiger partial charge in [-0.15, -0.1) is 0 Å². The van der Waals surface area contributed by atoms with Gasteiger partial charge in [-0.3, -0.25) is 10.1 Å². The molecule has 0 aromatic rings. The number of piperidine rings is 1. The van der Waals surface area contributed by atoms with Crippen LogP contribution in [0.25, 0.3) is 0 Å². The van der Waals surface area contributed by atoms with Crippen LogP contribution in [0.2, 0.25) is 0 Å². The Hall–Kier alpha value is -1.59. The number of carbonyl (C=O) groups is 1. The highest BCUT2D eigenvalue weighted by atomic mass is 16.6. The Balaban J connectivity index is 1.88. The van der Waals surface area contributed by atoms with Gasteiger partial charge in [0, 0.05) is 19.5 Å². The van der Waals surface area contributed by atoms with Gasteiger partial charge in [-0.2, -0.15) is 0 Å². The van der Waals surface area contributed by atoms with Crippen LogP contribution in [0, 0.1) is 27.9 Å². The minimum absolute atomic E-state index is 0.258. The quantitative estimate of drug-likeness (QED) is 0.589. The summed E-state index contributed by atoms with van der Waals surface area (Å²) in [7, 11) is 0. The zero-order valence-electron chi connectivity index (χ0n) is 12.5. The van der Waals surface area contributed by atoms with Crippen molar-refractivity contribution in [2.24, 2.45) is 17.8 Å². The number of rotatable bonds is 3. The molecule has 0 bridgehead atoms. The fourth-order valence-corrected chi connectivity index (χ4v) is 2.83. The molecular formula is C14H22N2O4. The lowest BCUT2D eigenvalue weighted by atomic mass is 10.2. The van der Waals surface area contributed by atoms with E-state index in [2.05, 4.69) is 0 Å². The van der Waals surface area contributed by atoms with E-state index in [4.69, 9.17) is 4.74 Å². The first-order chi connectivity index (χ1) is 9.23. The van der Waals surface area contributed by atoms with E-state index in [1.165, 1.54) is 0 Å². The van der Waals surface area contributed by atoms with E-state index in [0.717, 1.165) is 0 Å². The van der Waals surface area contributed by atoms with Crippen LogP contribution in [-0.4, -0.2) is 34.6 Å². The maximum Gasteiger partial charge on any atom is 0.410 e. The molecule has 2 aliphatic rings. The van der Waals surface area contributed by atoms with E-state index < -0.39 is 5.60 Å². The topological polar surface area (TPSA) is 72.7 Å². The first-order valence-corrected chi connectivity index (χ1v) is 7.06. The van der Waals surface area contributed by atoms with Gasteiger partial charge in [-0.25, -0.2) is 4.79 Å². The van der Waals surface area contributed by atoms with Crippen molar-refractivity contribution in [1.29, 1.82) is 0 Å². The van der Waals surface area contributed by atoms with Crippen LogP contribution in [0.15, 0.2) is 11.8 Å². The number of carbonyl (C=O) groups excluding carboxylic acids is 1. The molecule has 1 saturated carbocycles. The summed E-state index contributed by atoms with van der Waals surface area (Å²) >= 11 is 0. The van der Waals surface area contributed by atoms with Crippen LogP contribution in [-0.2, 0) is 4.74 Å². The van der Waals surface area contributed by atoms with E-state index in [0.29, 0.717) is 31.3 Å². The Morgan fingerprint density at radius 3 is 2.35 bits per heavy atom. The molecule has 112 valence electrons. The highest BCUT2D eigenvalue weighted by Gasteiger charge is 2.56. The normalized spacial score (nSPS) is 29.1. The largest absolute Gasteiger partial charge is 0.444 e. The van der Waals surface area contributed by atoms with Crippen LogP contribution in [0.3, 0.4) is 0 Å². The molecule has 0 aromatic carbocycles. The lowest BCUT2D eigenvalue weighted by Gasteiger charge is -2.25. The van der Waals surface area contributed by atoms with Gasteiger partial charge in [-0.1, -0.05) is 6.92 Å². The van der Waals surface area contributed by atoms with Gasteiger partial charge in [0.05, 0.1) is 4.92 Å². The van der Waals surface area contributed by atoms with Gasteiger partial charge in [0.1, 0.15) is 5.60 Å². The van der Waals surface area contributed by atoms with Crippen LogP contribution in [0.1, 0.15) is 34.1 Å². The highest BCUT2D eigenvalue weighted by Crippen LogP contribution is 2.53. The number of hydrogen-bond acceptors (Lipinski definition) is 4. The average Bonchev–Trinajstić information content (AvgIpc) is 2.76. The van der Waals surface area contributed by atoms with Crippen LogP contribution < -0.4 is 0 Å². The minimum atomic E-state index is -0.482. The van der Waals surface area contributed by atoms with Crippen molar-refractivity contribution in [3.8, 4) is 0 Å². The third-order valence-corrected chi connectivity index (χ3v) is 3.89. The maximum absolute atomic E-state index is 11.9. The van der Waals surface area contributed by atoms with Crippen molar-refractivity contribution in [2.45, 2.75) is 39.7 Å². The first-order valence-electron chi connectivity index (χ1n) is 7.06. The molecule has 3 atom stereocenters. The van der Waals surface area contributed by atoms with Gasteiger partial charge in [0.15, 0.2) is 0 Å². The van der Waals surface area contributed by atoms with Crippen molar-refractivity contribution < 1.29 is 14.5 Å². The standard InChI is InChI=1S/C14H22N2O4/c1-5-9(16(18)19)6-10-11-7-15(8-12(10)11)13(17)20-14(2,3)4/h6,10-12H,5,7-8H2,1-4H3/t10?,11-,12+. The second-order valence-electron chi connectivity index (χ2n) is 6.56. The van der Waals surface area contributed by atoms with Gasteiger partial charge >= 0.3 is 6.09 Å². The molecule has 1 amide bonds. The second kappa shape index (κ2) is 5.07. The predicted molar refractivity (Wildman–Crippen MR) is 73.6 cm³/mol. The Labute approximate surface area is 118 Å². The number of nitrogens with zero attached hydrogens (tertiary/aromatic N) is 2. The smallest absolute Gasteiger partial charge is 0.410 e. The summed E-state index contributed by atoms with van der Waals surface area (Å²) in [6.07, 6.45) is 1.94. The Morgan fingerprint density at radius 1 is 1.40 bits per heavy atom. The average molecular weight is 282 g/mol. The van der Waals surface area contributed by atoms with E-state index >= 15 is 0 Å². The Morgan fingerprint density at radius 2 is 1.95 bits per heavy atom. The minimum Gasteiger partial charge on any atom is -0.444 e. The molecular weight excluding hydrogens is 260 g/mol. The summed E-state index contributed by atoms with van der Waals surface area (Å²) in [6.45, 7) is 8.62. The molecule has 1 heterocycles. The van der Waals surface area contributed by atoms with Gasteiger partial charge in [-0.05, 0) is 44.6 Å². The highest BCUT2D eigenvalue weighted by molar-refractivity contribution is 5.69. The second-order valence-corrected chi connectivity index (χ2v) is 6.56. The number of ether oxygens (including phenoxy) is 1. The zero-order chi connectivity index (χ0) is 15.1. The molecule has 0 spiro atoms. The third-order valence-electron chi connectivity index (χ3n) is 3.89.